The van der Waals surface area contributed by atoms with Crippen LogP contribution < -0.4 is 19.7 Å². The number of halogens is 1. The van der Waals surface area contributed by atoms with Gasteiger partial charge in [-0.2, -0.15) is 0 Å². The van der Waals surface area contributed by atoms with Crippen LogP contribution in [-0.4, -0.2) is 43.5 Å². The fourth-order valence-corrected chi connectivity index (χ4v) is 5.21. The van der Waals surface area contributed by atoms with Gasteiger partial charge in [0.15, 0.2) is 23.5 Å². The van der Waals surface area contributed by atoms with Crippen LogP contribution in [0.15, 0.2) is 84.4 Å². The number of anilines is 2. The minimum absolute atomic E-state index is 0.0449. The van der Waals surface area contributed by atoms with Gasteiger partial charge < -0.3 is 29.9 Å². The van der Waals surface area contributed by atoms with Crippen LogP contribution in [0.2, 0.25) is 5.02 Å². The number of hydrogen-bond donors (Lipinski definition) is 3. The number of nitrogens with one attached hydrogen (secondary N) is 1. The summed E-state index contributed by atoms with van der Waals surface area (Å²) in [6.07, 6.45) is -1.40. The molecule has 7 nitrogen and oxygen atoms in total. The van der Waals surface area contributed by atoms with Crippen LogP contribution in [-0.2, 0) is 4.79 Å². The molecule has 0 aromatic heterocycles. The lowest BCUT2D eigenvalue weighted by Crippen LogP contribution is -2.40. The molecule has 39 heavy (non-hydrogen) atoms. The Labute approximate surface area is 231 Å². The molecule has 4 aromatic carbocycles. The molecule has 0 aliphatic carbocycles. The second-order valence-electron chi connectivity index (χ2n) is 9.34. The normalized spacial score (nSPS) is 15.6. The van der Waals surface area contributed by atoms with Crippen molar-refractivity contribution < 1.29 is 24.5 Å². The van der Waals surface area contributed by atoms with E-state index in [1.165, 1.54) is 19.1 Å². The number of ether oxygens (including phenoxy) is 2. The zero-order valence-electron chi connectivity index (χ0n) is 21.8. The Bertz CT molecular complexity index is 1560. The Balaban J connectivity index is 1.57. The minimum atomic E-state index is -1.36. The molecule has 1 aliphatic rings. The first-order valence-electron chi connectivity index (χ1n) is 12.5. The van der Waals surface area contributed by atoms with E-state index in [1.54, 1.807) is 31.3 Å². The van der Waals surface area contributed by atoms with Gasteiger partial charge in [-0.1, -0.05) is 60.1 Å². The second kappa shape index (κ2) is 10.9. The maximum atomic E-state index is 13.9. The van der Waals surface area contributed by atoms with Gasteiger partial charge in [0.05, 0.1) is 37.1 Å². The van der Waals surface area contributed by atoms with E-state index in [0.717, 1.165) is 22.0 Å². The molecule has 5 rings (SSSR count). The molecule has 3 N–H and O–H groups in total. The van der Waals surface area contributed by atoms with E-state index in [9.17, 15) is 15.0 Å². The number of ketones is 1. The molecule has 0 radical (unpaired) electrons. The van der Waals surface area contributed by atoms with E-state index in [2.05, 4.69) is 5.32 Å². The van der Waals surface area contributed by atoms with Crippen molar-refractivity contribution in [3.05, 3.63) is 101 Å². The third kappa shape index (κ3) is 4.87. The van der Waals surface area contributed by atoms with Crippen LogP contribution in [0.5, 0.6) is 11.5 Å². The highest BCUT2D eigenvalue weighted by Crippen LogP contribution is 2.46. The number of rotatable bonds is 8. The quantitative estimate of drug-likeness (QED) is 0.238. The molecule has 2 atom stereocenters. The number of aliphatic hydroxyl groups is 2. The van der Waals surface area contributed by atoms with Crippen LogP contribution in [0, 0.1) is 0 Å². The topological polar surface area (TPSA) is 91.3 Å². The maximum absolute atomic E-state index is 13.9. The molecule has 8 heteroatoms. The average molecular weight is 545 g/mol. The van der Waals surface area contributed by atoms with Crippen LogP contribution in [0.25, 0.3) is 16.5 Å². The van der Waals surface area contributed by atoms with E-state index in [0.29, 0.717) is 16.5 Å². The van der Waals surface area contributed by atoms with Crippen molar-refractivity contribution in [3.63, 3.8) is 0 Å². The number of nitrogens with zero attached hydrogens (tertiary/aromatic N) is 1. The lowest BCUT2D eigenvalue weighted by molar-refractivity contribution is -0.116. The third-order valence-corrected chi connectivity index (χ3v) is 7.35. The monoisotopic (exact) mass is 544 g/mol. The lowest BCUT2D eigenvalue weighted by Gasteiger charge is -2.35. The van der Waals surface area contributed by atoms with Crippen LogP contribution in [0.1, 0.15) is 23.6 Å². The van der Waals surface area contributed by atoms with Crippen molar-refractivity contribution >= 4 is 45.3 Å². The van der Waals surface area contributed by atoms with Crippen LogP contribution in [0.4, 0.5) is 11.4 Å². The van der Waals surface area contributed by atoms with Gasteiger partial charge in [-0.05, 0) is 41.3 Å². The number of methoxy groups -OCH3 is 2. The number of carbonyl (C=O) groups is 1. The van der Waals surface area contributed by atoms with E-state index in [-0.39, 0.29) is 29.1 Å². The smallest absolute Gasteiger partial charge is 0.173 e. The van der Waals surface area contributed by atoms with Gasteiger partial charge in [-0.3, -0.25) is 4.79 Å². The molecule has 2 unspecified atom stereocenters. The SMILES string of the molecule is COc1ccc2c(c1OC)C(O)=C(C(=O)CC(Nc1cccc3ccccc13)c1ccc(Cl)cc1)C(O)N2C. The molecule has 0 spiro atoms. The van der Waals surface area contributed by atoms with Gasteiger partial charge >= 0.3 is 0 Å². The summed E-state index contributed by atoms with van der Waals surface area (Å²) < 4.78 is 10.9. The summed E-state index contributed by atoms with van der Waals surface area (Å²) in [5.74, 6) is -0.0813. The number of likely N-dealkylation sites (N-methyl/N-ethyl adjacent to an activating group) is 1. The summed E-state index contributed by atoms with van der Waals surface area (Å²) in [5, 5.41) is 28.7. The number of aliphatic hydroxyl groups excluding tert-OH is 2. The highest BCUT2D eigenvalue weighted by Gasteiger charge is 2.37. The summed E-state index contributed by atoms with van der Waals surface area (Å²) in [6, 6.07) is 24.1. The summed E-state index contributed by atoms with van der Waals surface area (Å²) >= 11 is 6.15. The van der Waals surface area contributed by atoms with Crippen molar-refractivity contribution in [2.24, 2.45) is 0 Å². The number of hydrogen-bond acceptors (Lipinski definition) is 7. The lowest BCUT2D eigenvalue weighted by atomic mass is 9.91. The molecule has 0 fully saturated rings. The molecule has 0 saturated carbocycles. The van der Waals surface area contributed by atoms with Gasteiger partial charge in [0.25, 0.3) is 0 Å². The van der Waals surface area contributed by atoms with Gasteiger partial charge in [0.2, 0.25) is 0 Å². The minimum Gasteiger partial charge on any atom is -0.506 e. The molecule has 0 saturated heterocycles. The Kier molecular flexibility index (Phi) is 7.37. The van der Waals surface area contributed by atoms with Gasteiger partial charge in [-0.15, -0.1) is 0 Å². The molecule has 0 bridgehead atoms. The Morgan fingerprint density at radius 1 is 1.00 bits per heavy atom. The van der Waals surface area contributed by atoms with Crippen molar-refractivity contribution in [2.75, 3.05) is 31.5 Å². The number of fused-ring (bicyclic) bond motifs is 2. The molecule has 1 aliphatic heterocycles. The number of carbonyl (C=O) groups excluding carboxylic acids is 1. The Morgan fingerprint density at radius 3 is 2.44 bits per heavy atom. The highest BCUT2D eigenvalue weighted by atomic mass is 35.5. The number of benzene rings is 4. The van der Waals surface area contributed by atoms with Gasteiger partial charge in [0.1, 0.15) is 5.76 Å². The predicted octanol–water partition coefficient (Wildman–Crippen LogP) is 6.36. The number of Topliss-reactive ketones (excluding diaryl/α,β-unsaturated/α-hetero) is 1. The first kappa shape index (κ1) is 26.4. The first-order chi connectivity index (χ1) is 18.8. The summed E-state index contributed by atoms with van der Waals surface area (Å²) in [5.41, 5.74) is 2.38. The van der Waals surface area contributed by atoms with E-state index in [4.69, 9.17) is 21.1 Å². The van der Waals surface area contributed by atoms with Crippen LogP contribution >= 0.6 is 11.6 Å². The highest BCUT2D eigenvalue weighted by molar-refractivity contribution is 6.30. The zero-order chi connectivity index (χ0) is 27.7. The van der Waals surface area contributed by atoms with Crippen molar-refractivity contribution in [2.45, 2.75) is 18.7 Å². The molecular weight excluding hydrogens is 516 g/mol. The van der Waals surface area contributed by atoms with E-state index < -0.39 is 18.1 Å². The van der Waals surface area contributed by atoms with Gasteiger partial charge in [0, 0.05) is 29.6 Å². The molecule has 1 heterocycles. The summed E-state index contributed by atoms with van der Waals surface area (Å²) in [7, 11) is 4.61. The van der Waals surface area contributed by atoms with Crippen LogP contribution in [0.3, 0.4) is 0 Å². The van der Waals surface area contributed by atoms with Crippen molar-refractivity contribution in [1.29, 1.82) is 0 Å². The standard InChI is InChI=1S/C31H29ClN2O5/c1-34-24-15-16-26(38-2)30(39-3)27(24)29(36)28(31(34)37)25(35)17-23(19-11-13-20(32)14-12-19)33-22-10-6-8-18-7-4-5-9-21(18)22/h4-16,23,31,33,36-37H,17H2,1-3H3. The molecular formula is C31H29ClN2O5. The average Bonchev–Trinajstić information content (AvgIpc) is 2.95. The van der Waals surface area contributed by atoms with Gasteiger partial charge in [-0.25, -0.2) is 0 Å². The fourth-order valence-electron chi connectivity index (χ4n) is 5.08. The van der Waals surface area contributed by atoms with Crippen molar-refractivity contribution in [1.82, 2.24) is 0 Å². The molecule has 200 valence electrons. The summed E-state index contributed by atoms with van der Waals surface area (Å²) in [4.78, 5) is 15.4. The molecule has 4 aromatic rings. The largest absolute Gasteiger partial charge is 0.506 e. The zero-order valence-corrected chi connectivity index (χ0v) is 22.6. The molecule has 0 amide bonds. The van der Waals surface area contributed by atoms with E-state index >= 15 is 0 Å². The predicted molar refractivity (Wildman–Crippen MR) is 155 cm³/mol. The first-order valence-corrected chi connectivity index (χ1v) is 12.8. The summed E-state index contributed by atoms with van der Waals surface area (Å²) in [6.45, 7) is 0. The Hall–Kier alpha value is -4.20. The van der Waals surface area contributed by atoms with Crippen molar-refractivity contribution in [3.8, 4) is 11.5 Å². The fraction of sp³-hybridized carbons (Fsp3) is 0.194. The second-order valence-corrected chi connectivity index (χ2v) is 9.78. The van der Waals surface area contributed by atoms with E-state index in [1.807, 2.05) is 54.6 Å². The maximum Gasteiger partial charge on any atom is 0.173 e. The third-order valence-electron chi connectivity index (χ3n) is 7.10. The Morgan fingerprint density at radius 2 is 1.72 bits per heavy atom.